The summed E-state index contributed by atoms with van der Waals surface area (Å²) in [6.45, 7) is 6.42. The summed E-state index contributed by atoms with van der Waals surface area (Å²) >= 11 is 1.20. The van der Waals surface area contributed by atoms with Gasteiger partial charge in [-0.3, -0.25) is 24.6 Å². The first-order chi connectivity index (χ1) is 15.4. The van der Waals surface area contributed by atoms with Gasteiger partial charge >= 0.3 is 0 Å². The van der Waals surface area contributed by atoms with E-state index in [4.69, 9.17) is 4.74 Å². The van der Waals surface area contributed by atoms with Crippen LogP contribution in [0.1, 0.15) is 13.3 Å². The van der Waals surface area contributed by atoms with Crippen molar-refractivity contribution in [1.29, 1.82) is 0 Å². The van der Waals surface area contributed by atoms with E-state index in [0.717, 1.165) is 5.75 Å². The number of amides is 2. The molecule has 1 aliphatic heterocycles. The van der Waals surface area contributed by atoms with Gasteiger partial charge in [0.05, 0.1) is 17.2 Å². The van der Waals surface area contributed by atoms with Gasteiger partial charge in [0.1, 0.15) is 11.0 Å². The number of nitrogens with zero attached hydrogens (tertiary/aromatic N) is 3. The van der Waals surface area contributed by atoms with Crippen molar-refractivity contribution in [3.8, 4) is 5.75 Å². The van der Waals surface area contributed by atoms with E-state index < -0.39 is 16.1 Å². The molecule has 0 unspecified atom stereocenters. The fourth-order valence-electron chi connectivity index (χ4n) is 2.99. The normalized spacial score (nSPS) is 16.8. The molecule has 1 fully saturated rings. The highest BCUT2D eigenvalue weighted by atomic mass is 32.2. The average molecular weight is 455 g/mol. The van der Waals surface area contributed by atoms with Crippen molar-refractivity contribution in [1.82, 2.24) is 4.90 Å². The molecular weight excluding hydrogens is 432 g/mol. The number of amidine groups is 1. The van der Waals surface area contributed by atoms with E-state index >= 15 is 0 Å². The molecule has 9 nitrogen and oxygen atoms in total. The molecule has 0 aromatic heterocycles. The van der Waals surface area contributed by atoms with Gasteiger partial charge in [0.25, 0.3) is 5.69 Å². The number of nitrogens with one attached hydrogen (secondary N) is 1. The molecular formula is C22H22N4O5S. The number of rotatable bonds is 9. The highest BCUT2D eigenvalue weighted by Crippen LogP contribution is 2.32. The number of non-ortho nitro benzene ring substituents is 1. The third kappa shape index (κ3) is 5.73. The Balaban J connectivity index is 1.71. The Labute approximate surface area is 189 Å². The molecule has 2 aromatic rings. The molecule has 3 rings (SSSR count). The number of benzene rings is 2. The number of anilines is 1. The van der Waals surface area contributed by atoms with Gasteiger partial charge in [0.2, 0.25) is 11.8 Å². The van der Waals surface area contributed by atoms with Crippen LogP contribution in [0.15, 0.2) is 66.2 Å². The number of thioether (sulfide) groups is 1. The Morgan fingerprint density at radius 2 is 2.09 bits per heavy atom. The Morgan fingerprint density at radius 3 is 2.75 bits per heavy atom. The van der Waals surface area contributed by atoms with Gasteiger partial charge in [-0.15, -0.1) is 6.58 Å². The zero-order valence-corrected chi connectivity index (χ0v) is 18.2. The van der Waals surface area contributed by atoms with Crippen molar-refractivity contribution in [3.05, 3.63) is 71.3 Å². The Kier molecular flexibility index (Phi) is 7.61. The molecule has 0 aliphatic carbocycles. The third-order valence-corrected chi connectivity index (χ3v) is 5.59. The number of carbonyl (C=O) groups is 2. The summed E-state index contributed by atoms with van der Waals surface area (Å²) in [5, 5.41) is 13.3. The highest BCUT2D eigenvalue weighted by molar-refractivity contribution is 8.15. The molecule has 10 heteroatoms. The largest absolute Gasteiger partial charge is 0.494 e. The number of nitro benzene ring substituents is 1. The molecule has 2 amide bonds. The van der Waals surface area contributed by atoms with Gasteiger partial charge in [-0.2, -0.15) is 0 Å². The first kappa shape index (κ1) is 23.0. The van der Waals surface area contributed by atoms with Crippen LogP contribution in [-0.2, 0) is 9.59 Å². The summed E-state index contributed by atoms with van der Waals surface area (Å²) in [6.07, 6.45) is 1.50. The lowest BCUT2D eigenvalue weighted by Gasteiger charge is -2.14. The molecule has 0 saturated carbocycles. The summed E-state index contributed by atoms with van der Waals surface area (Å²) in [6, 6.07) is 12.8. The maximum Gasteiger partial charge on any atom is 0.271 e. The number of hydrogen-bond donors (Lipinski definition) is 1. The number of nitro groups is 1. The molecule has 0 bridgehead atoms. The fraction of sp³-hybridized carbons (Fsp3) is 0.227. The molecule has 1 N–H and O–H groups in total. The first-order valence-corrected chi connectivity index (χ1v) is 10.7. The molecule has 2 aromatic carbocycles. The van der Waals surface area contributed by atoms with E-state index in [1.807, 2.05) is 6.92 Å². The zero-order chi connectivity index (χ0) is 23.1. The van der Waals surface area contributed by atoms with E-state index in [0.29, 0.717) is 23.1 Å². The standard InChI is InChI=1S/C22H22N4O5S/c1-3-12-25-21(28)19(14-20(27)23-16-6-5-7-17(13-16)26(29)30)32-22(25)24-15-8-10-18(11-9-15)31-4-2/h3,5-11,13,19H,1,4,12,14H2,2H3,(H,23,27)/t19-/m0/s1. The van der Waals surface area contributed by atoms with Crippen molar-refractivity contribution < 1.29 is 19.2 Å². The van der Waals surface area contributed by atoms with E-state index in [1.54, 1.807) is 36.4 Å². The second-order valence-electron chi connectivity index (χ2n) is 6.73. The Hall–Kier alpha value is -3.66. The van der Waals surface area contributed by atoms with Gasteiger partial charge in [0.15, 0.2) is 5.17 Å². The number of carbonyl (C=O) groups excluding carboxylic acids is 2. The Morgan fingerprint density at radius 1 is 1.34 bits per heavy atom. The van der Waals surface area contributed by atoms with Gasteiger partial charge in [-0.1, -0.05) is 23.9 Å². The lowest BCUT2D eigenvalue weighted by atomic mass is 10.2. The summed E-state index contributed by atoms with van der Waals surface area (Å²) < 4.78 is 5.42. The lowest BCUT2D eigenvalue weighted by Crippen LogP contribution is -2.33. The third-order valence-electron chi connectivity index (χ3n) is 4.42. The first-order valence-electron chi connectivity index (χ1n) is 9.86. The summed E-state index contributed by atoms with van der Waals surface area (Å²) in [4.78, 5) is 41.7. The minimum atomic E-state index is -0.657. The van der Waals surface area contributed by atoms with Gasteiger partial charge in [-0.05, 0) is 37.3 Å². The quantitative estimate of drug-likeness (QED) is 0.346. The number of ether oxygens (including phenoxy) is 1. The van der Waals surface area contributed by atoms with Crippen LogP contribution in [0, 0.1) is 10.1 Å². The van der Waals surface area contributed by atoms with Crippen molar-refractivity contribution in [2.24, 2.45) is 4.99 Å². The van der Waals surface area contributed by atoms with Crippen molar-refractivity contribution in [2.75, 3.05) is 18.5 Å². The van der Waals surface area contributed by atoms with Crippen molar-refractivity contribution in [3.63, 3.8) is 0 Å². The van der Waals surface area contributed by atoms with E-state index in [-0.39, 0.29) is 24.6 Å². The van der Waals surface area contributed by atoms with E-state index in [1.165, 1.54) is 34.9 Å². The second-order valence-corrected chi connectivity index (χ2v) is 7.89. The monoisotopic (exact) mass is 454 g/mol. The van der Waals surface area contributed by atoms with Crippen molar-refractivity contribution >= 4 is 45.8 Å². The molecule has 1 heterocycles. The molecule has 32 heavy (non-hydrogen) atoms. The topological polar surface area (TPSA) is 114 Å². The average Bonchev–Trinajstić information content (AvgIpc) is 3.04. The summed E-state index contributed by atoms with van der Waals surface area (Å²) in [5.41, 5.74) is 0.821. The van der Waals surface area contributed by atoms with Gasteiger partial charge in [0, 0.05) is 30.8 Å². The van der Waals surface area contributed by atoms with Gasteiger partial charge < -0.3 is 10.1 Å². The Bertz CT molecular complexity index is 1050. The van der Waals surface area contributed by atoms with E-state index in [2.05, 4.69) is 16.9 Å². The zero-order valence-electron chi connectivity index (χ0n) is 17.4. The highest BCUT2D eigenvalue weighted by Gasteiger charge is 2.38. The van der Waals surface area contributed by atoms with Crippen LogP contribution in [0.3, 0.4) is 0 Å². The van der Waals surface area contributed by atoms with Crippen LogP contribution in [-0.4, -0.2) is 45.2 Å². The van der Waals surface area contributed by atoms with Crippen LogP contribution in [0.5, 0.6) is 5.75 Å². The molecule has 1 saturated heterocycles. The lowest BCUT2D eigenvalue weighted by molar-refractivity contribution is -0.384. The minimum Gasteiger partial charge on any atom is -0.494 e. The maximum atomic E-state index is 12.9. The van der Waals surface area contributed by atoms with Crippen LogP contribution in [0.25, 0.3) is 0 Å². The molecule has 0 radical (unpaired) electrons. The number of hydrogen-bond acceptors (Lipinski definition) is 7. The van der Waals surface area contributed by atoms with Crippen LogP contribution in [0.4, 0.5) is 17.1 Å². The minimum absolute atomic E-state index is 0.0951. The van der Waals surface area contributed by atoms with Crippen LogP contribution in [0.2, 0.25) is 0 Å². The molecule has 1 atom stereocenters. The fourth-order valence-corrected chi connectivity index (χ4v) is 4.16. The predicted molar refractivity (Wildman–Crippen MR) is 124 cm³/mol. The maximum absolute atomic E-state index is 12.9. The summed E-state index contributed by atoms with van der Waals surface area (Å²) in [5.74, 6) is 0.0660. The molecule has 0 spiro atoms. The second kappa shape index (κ2) is 10.6. The predicted octanol–water partition coefficient (Wildman–Crippen LogP) is 4.14. The van der Waals surface area contributed by atoms with Crippen LogP contribution >= 0.6 is 11.8 Å². The number of aliphatic imine (C=N–C) groups is 1. The molecule has 166 valence electrons. The van der Waals surface area contributed by atoms with Crippen LogP contribution < -0.4 is 10.1 Å². The molecule has 1 aliphatic rings. The summed E-state index contributed by atoms with van der Waals surface area (Å²) in [7, 11) is 0. The van der Waals surface area contributed by atoms with E-state index in [9.17, 15) is 19.7 Å². The van der Waals surface area contributed by atoms with Crippen molar-refractivity contribution in [2.45, 2.75) is 18.6 Å². The SMILES string of the molecule is C=CCN1C(=O)[C@H](CC(=O)Nc2cccc([N+](=O)[O-])c2)SC1=Nc1ccc(OCC)cc1. The smallest absolute Gasteiger partial charge is 0.271 e. The van der Waals surface area contributed by atoms with Gasteiger partial charge in [-0.25, -0.2) is 4.99 Å².